The zero-order valence-electron chi connectivity index (χ0n) is 11.8. The molecule has 1 aromatic carbocycles. The second-order valence-electron chi connectivity index (χ2n) is 4.77. The first-order valence-corrected chi connectivity index (χ1v) is 6.22. The number of aromatic nitrogens is 1. The fourth-order valence-corrected chi connectivity index (χ4v) is 1.82. The van der Waals surface area contributed by atoms with E-state index in [1.165, 1.54) is 18.5 Å². The third kappa shape index (κ3) is 3.06. The smallest absolute Gasteiger partial charge is 0.270 e. The van der Waals surface area contributed by atoms with Gasteiger partial charge in [0, 0.05) is 38.0 Å². The van der Waals surface area contributed by atoms with Gasteiger partial charge in [0.1, 0.15) is 7.05 Å². The van der Waals surface area contributed by atoms with Gasteiger partial charge in [0.05, 0.1) is 0 Å². The van der Waals surface area contributed by atoms with E-state index < -0.39 is 0 Å². The van der Waals surface area contributed by atoms with Gasteiger partial charge >= 0.3 is 0 Å². The van der Waals surface area contributed by atoms with Crippen LogP contribution in [0.25, 0.3) is 0 Å². The molecule has 0 aliphatic carbocycles. The molecule has 5 nitrogen and oxygen atoms in total. The Kier molecular flexibility index (Phi) is 3.89. The molecule has 2 rings (SSSR count). The van der Waals surface area contributed by atoms with Crippen LogP contribution >= 0.6 is 0 Å². The second kappa shape index (κ2) is 5.61. The lowest BCUT2D eigenvalue weighted by Crippen LogP contribution is -2.34. The predicted molar refractivity (Wildman–Crippen MR) is 76.3 cm³/mol. The molecule has 0 fully saturated rings. The summed E-state index contributed by atoms with van der Waals surface area (Å²) in [7, 11) is 5.62. The van der Waals surface area contributed by atoms with Crippen LogP contribution in [0.4, 0.5) is 11.4 Å². The van der Waals surface area contributed by atoms with Gasteiger partial charge in [-0.2, -0.15) is 9.31 Å². The molecule has 0 saturated heterocycles. The highest BCUT2D eigenvalue weighted by molar-refractivity contribution is 5.72. The van der Waals surface area contributed by atoms with Crippen molar-refractivity contribution >= 4 is 17.6 Å². The Morgan fingerprint density at radius 1 is 1.10 bits per heavy atom. The van der Waals surface area contributed by atoms with Crippen LogP contribution in [0.2, 0.25) is 0 Å². The molecule has 0 bridgehead atoms. The molecule has 2 aromatic rings. The Balaban J connectivity index is 2.30. The van der Waals surface area contributed by atoms with Gasteiger partial charge in [-0.15, -0.1) is 0 Å². The van der Waals surface area contributed by atoms with Gasteiger partial charge in [-0.1, -0.05) is 6.07 Å². The summed E-state index contributed by atoms with van der Waals surface area (Å²) in [6, 6.07) is 10.4. The molecule has 1 aromatic heterocycles. The number of aryl methyl sites for hydroxylation is 1. The van der Waals surface area contributed by atoms with Gasteiger partial charge in [0.2, 0.25) is 5.69 Å². The standard InChI is InChI=1S/C15H17N3O2/c1-16(2)12-4-6-13(7-5-12)18(20)10-14-8-9-15(19)11-17(14)3/h4-11H,1-3H3. The molecule has 0 amide bonds. The third-order valence-electron chi connectivity index (χ3n) is 3.02. The van der Waals surface area contributed by atoms with Crippen molar-refractivity contribution in [3.05, 3.63) is 53.5 Å². The molecular weight excluding hydrogens is 254 g/mol. The van der Waals surface area contributed by atoms with Crippen molar-refractivity contribution in [1.29, 1.82) is 0 Å². The largest absolute Gasteiger partial charge is 0.868 e. The first-order chi connectivity index (χ1) is 9.47. The van der Waals surface area contributed by atoms with Crippen molar-refractivity contribution in [1.82, 2.24) is 0 Å². The number of hydrogen-bond acceptors (Lipinski definition) is 3. The van der Waals surface area contributed by atoms with Crippen LogP contribution in [0, 0.1) is 5.21 Å². The van der Waals surface area contributed by atoms with Crippen molar-refractivity contribution in [2.24, 2.45) is 7.05 Å². The zero-order valence-corrected chi connectivity index (χ0v) is 11.8. The zero-order chi connectivity index (χ0) is 14.7. The molecule has 1 heterocycles. The van der Waals surface area contributed by atoms with E-state index in [1.807, 2.05) is 31.1 Å². The van der Waals surface area contributed by atoms with E-state index in [0.717, 1.165) is 10.4 Å². The summed E-state index contributed by atoms with van der Waals surface area (Å²) in [5.74, 6) is -0.0857. The maximum absolute atomic E-state index is 12.1. The molecule has 0 radical (unpaired) electrons. The van der Waals surface area contributed by atoms with Crippen LogP contribution in [0.15, 0.2) is 42.6 Å². The van der Waals surface area contributed by atoms with Gasteiger partial charge < -0.3 is 15.2 Å². The summed E-state index contributed by atoms with van der Waals surface area (Å²) >= 11 is 0. The summed E-state index contributed by atoms with van der Waals surface area (Å²) in [5.41, 5.74) is 2.24. The number of rotatable bonds is 3. The first-order valence-electron chi connectivity index (χ1n) is 6.22. The van der Waals surface area contributed by atoms with Crippen molar-refractivity contribution < 1.29 is 14.4 Å². The Labute approximate surface area is 118 Å². The molecule has 0 spiro atoms. The van der Waals surface area contributed by atoms with E-state index in [4.69, 9.17) is 0 Å². The maximum atomic E-state index is 12.1. The Morgan fingerprint density at radius 2 is 1.75 bits per heavy atom. The molecule has 0 unspecified atom stereocenters. The number of pyridine rings is 1. The van der Waals surface area contributed by atoms with E-state index in [9.17, 15) is 10.3 Å². The Hall–Kier alpha value is -2.56. The molecule has 0 aliphatic rings. The summed E-state index contributed by atoms with van der Waals surface area (Å²) in [4.78, 5) is 1.97. The van der Waals surface area contributed by atoms with Crippen molar-refractivity contribution in [2.45, 2.75) is 0 Å². The van der Waals surface area contributed by atoms with Gasteiger partial charge in [0.25, 0.3) is 11.9 Å². The minimum Gasteiger partial charge on any atom is -0.868 e. The third-order valence-corrected chi connectivity index (χ3v) is 3.02. The van der Waals surface area contributed by atoms with Gasteiger partial charge in [-0.05, 0) is 17.9 Å². The van der Waals surface area contributed by atoms with Crippen molar-refractivity contribution in [3.8, 4) is 5.75 Å². The lowest BCUT2D eigenvalue weighted by Gasteiger charge is -2.12. The molecule has 5 heteroatoms. The molecule has 0 saturated carbocycles. The normalized spacial score (nSPS) is 11.4. The van der Waals surface area contributed by atoms with Crippen LogP contribution in [-0.4, -0.2) is 25.0 Å². The van der Waals surface area contributed by atoms with Crippen molar-refractivity contribution in [3.63, 3.8) is 0 Å². The first kappa shape index (κ1) is 13.9. The number of nitrogens with zero attached hydrogens (tertiary/aromatic N) is 3. The molecule has 0 N–H and O–H groups in total. The van der Waals surface area contributed by atoms with E-state index in [0.29, 0.717) is 11.4 Å². The summed E-state index contributed by atoms with van der Waals surface area (Å²) in [6.07, 6.45) is 2.89. The van der Waals surface area contributed by atoms with E-state index in [-0.39, 0.29) is 5.75 Å². The average Bonchev–Trinajstić information content (AvgIpc) is 2.42. The van der Waals surface area contributed by atoms with Crippen LogP contribution in [0.5, 0.6) is 5.75 Å². The number of anilines is 1. The highest BCUT2D eigenvalue weighted by Gasteiger charge is 2.09. The number of benzene rings is 1. The van der Waals surface area contributed by atoms with E-state index in [1.54, 1.807) is 29.8 Å². The van der Waals surface area contributed by atoms with E-state index in [2.05, 4.69) is 0 Å². The highest BCUT2D eigenvalue weighted by atomic mass is 16.5. The lowest BCUT2D eigenvalue weighted by molar-refractivity contribution is -0.676. The predicted octanol–water partition coefficient (Wildman–Crippen LogP) is 0.912. The minimum absolute atomic E-state index is 0.0857. The fraction of sp³-hybridized carbons (Fsp3) is 0.200. The topological polar surface area (TPSA) is 56.2 Å². The van der Waals surface area contributed by atoms with Crippen LogP contribution < -0.4 is 14.6 Å². The second-order valence-corrected chi connectivity index (χ2v) is 4.77. The highest BCUT2D eigenvalue weighted by Crippen LogP contribution is 2.17. The monoisotopic (exact) mass is 271 g/mol. The number of hydrogen-bond donors (Lipinski definition) is 0. The quantitative estimate of drug-likeness (QED) is 0.361. The minimum atomic E-state index is -0.0857. The molecule has 0 aliphatic heterocycles. The van der Waals surface area contributed by atoms with Crippen molar-refractivity contribution in [2.75, 3.05) is 19.0 Å². The van der Waals surface area contributed by atoms with Crippen LogP contribution in [0.3, 0.4) is 0 Å². The van der Waals surface area contributed by atoms with Gasteiger partial charge in [-0.25, -0.2) is 0 Å². The van der Waals surface area contributed by atoms with Gasteiger partial charge in [-0.3, -0.25) is 0 Å². The van der Waals surface area contributed by atoms with Crippen LogP contribution in [-0.2, 0) is 7.05 Å². The SMILES string of the molecule is CN(C)c1ccc(/[N+]([O-])=C/c2ccc([O-])c[n+]2C)cc1. The molecule has 0 atom stereocenters. The average molecular weight is 271 g/mol. The summed E-state index contributed by atoms with van der Waals surface area (Å²) in [6.45, 7) is 0. The molecule has 20 heavy (non-hydrogen) atoms. The maximum Gasteiger partial charge on any atom is 0.270 e. The van der Waals surface area contributed by atoms with E-state index >= 15 is 0 Å². The molecular formula is C15H17N3O2. The summed E-state index contributed by atoms with van der Waals surface area (Å²) in [5, 5.41) is 23.3. The fourth-order valence-electron chi connectivity index (χ4n) is 1.82. The Bertz CT molecular complexity index is 634. The molecule has 104 valence electrons. The lowest BCUT2D eigenvalue weighted by atomic mass is 10.2. The van der Waals surface area contributed by atoms with Crippen LogP contribution in [0.1, 0.15) is 5.69 Å². The van der Waals surface area contributed by atoms with Gasteiger partial charge in [0.15, 0.2) is 6.20 Å². The summed E-state index contributed by atoms with van der Waals surface area (Å²) < 4.78 is 2.42. The Morgan fingerprint density at radius 3 is 2.30 bits per heavy atom.